The molecule has 3 N–H and O–H groups in total. The Morgan fingerprint density at radius 3 is 2.65 bits per heavy atom. The van der Waals surface area contributed by atoms with Crippen molar-refractivity contribution in [2.45, 2.75) is 63.3 Å². The summed E-state index contributed by atoms with van der Waals surface area (Å²) in [5.41, 5.74) is 5.42. The summed E-state index contributed by atoms with van der Waals surface area (Å²) in [6.07, 6.45) is 4.07. The van der Waals surface area contributed by atoms with Crippen LogP contribution in [0.15, 0.2) is 0 Å². The third kappa shape index (κ3) is 4.58. The normalized spacial score (nSPS) is 33.1. The number of ether oxygens (including phenoxy) is 2. The zero-order chi connectivity index (χ0) is 12.7. The van der Waals surface area contributed by atoms with E-state index >= 15 is 0 Å². The number of rotatable bonds is 8. The first kappa shape index (κ1) is 15.0. The molecule has 0 aromatic carbocycles. The van der Waals surface area contributed by atoms with Gasteiger partial charge in [0.2, 0.25) is 0 Å². The highest BCUT2D eigenvalue weighted by Gasteiger charge is 2.40. The summed E-state index contributed by atoms with van der Waals surface area (Å²) in [7, 11) is 5.64. The molecule has 0 aliphatic carbocycles. The van der Waals surface area contributed by atoms with Gasteiger partial charge in [-0.3, -0.25) is 0 Å². The average Bonchev–Trinajstić information content (AvgIpc) is 2.60. The summed E-state index contributed by atoms with van der Waals surface area (Å²) in [5, 5.41) is 9.81. The molecular weight excluding hydrogens is 217 g/mol. The van der Waals surface area contributed by atoms with Crippen LogP contribution in [-0.4, -0.2) is 50.4 Å². The summed E-state index contributed by atoms with van der Waals surface area (Å²) in [6, 6.07) is -0.609. The summed E-state index contributed by atoms with van der Waals surface area (Å²) in [5.74, 6) is 0. The molecule has 0 aromatic heterocycles. The predicted molar refractivity (Wildman–Crippen MR) is 68.0 cm³/mol. The van der Waals surface area contributed by atoms with Crippen LogP contribution in [-0.2, 0) is 9.47 Å². The molecular formula is C12H24BNO3. The zero-order valence-corrected chi connectivity index (χ0v) is 10.7. The number of aliphatic hydroxyl groups is 1. The first-order valence-electron chi connectivity index (χ1n) is 6.61. The van der Waals surface area contributed by atoms with Crippen molar-refractivity contribution in [2.24, 2.45) is 5.73 Å². The lowest BCUT2D eigenvalue weighted by Crippen LogP contribution is -2.35. The SMILES string of the molecule is [B][C@@H]1O[C@H](CC)[C@H](OCCCCCCN)C1O. The highest BCUT2D eigenvalue weighted by molar-refractivity contribution is 6.11. The van der Waals surface area contributed by atoms with E-state index in [1.54, 1.807) is 0 Å². The van der Waals surface area contributed by atoms with Crippen molar-refractivity contribution in [3.05, 3.63) is 0 Å². The first-order valence-corrected chi connectivity index (χ1v) is 6.61. The molecule has 5 heteroatoms. The Balaban J connectivity index is 2.16. The van der Waals surface area contributed by atoms with Gasteiger partial charge in [-0.15, -0.1) is 0 Å². The zero-order valence-electron chi connectivity index (χ0n) is 10.7. The maximum Gasteiger partial charge on any atom is 0.112 e. The average molecular weight is 241 g/mol. The standard InChI is InChI=1S/C12H24BNO3/c1-2-9-11(10(15)12(13)17-9)16-8-6-4-3-5-7-14/h9-12,15H,2-8,14H2,1H3/t9-,10?,11+,12-/m1/s1. The van der Waals surface area contributed by atoms with Crippen LogP contribution in [0.25, 0.3) is 0 Å². The van der Waals surface area contributed by atoms with Gasteiger partial charge in [-0.25, -0.2) is 0 Å². The quantitative estimate of drug-likeness (QED) is 0.481. The van der Waals surface area contributed by atoms with Crippen molar-refractivity contribution < 1.29 is 14.6 Å². The minimum Gasteiger partial charge on any atom is -0.388 e. The number of nitrogens with two attached hydrogens (primary N) is 1. The van der Waals surface area contributed by atoms with Crippen molar-refractivity contribution in [1.82, 2.24) is 0 Å². The van der Waals surface area contributed by atoms with Crippen molar-refractivity contribution >= 4 is 7.85 Å². The molecule has 4 atom stereocenters. The molecule has 2 radical (unpaired) electrons. The van der Waals surface area contributed by atoms with Gasteiger partial charge in [0.1, 0.15) is 20.1 Å². The molecule has 0 bridgehead atoms. The highest BCUT2D eigenvalue weighted by atomic mass is 16.6. The Morgan fingerprint density at radius 1 is 1.29 bits per heavy atom. The van der Waals surface area contributed by atoms with Crippen LogP contribution in [0, 0.1) is 0 Å². The van der Waals surface area contributed by atoms with Gasteiger partial charge in [-0.05, 0) is 25.8 Å². The Hall–Kier alpha value is -0.0951. The molecule has 1 saturated heterocycles. The molecule has 0 amide bonds. The Bertz CT molecular complexity index is 206. The van der Waals surface area contributed by atoms with Gasteiger partial charge >= 0.3 is 0 Å². The summed E-state index contributed by atoms with van der Waals surface area (Å²) in [6.45, 7) is 3.41. The second kappa shape index (κ2) is 8.09. The van der Waals surface area contributed by atoms with Crippen LogP contribution >= 0.6 is 0 Å². The Kier molecular flexibility index (Phi) is 7.12. The second-order valence-corrected chi connectivity index (χ2v) is 4.58. The van der Waals surface area contributed by atoms with Gasteiger partial charge in [0.05, 0.1) is 6.10 Å². The smallest absolute Gasteiger partial charge is 0.112 e. The van der Waals surface area contributed by atoms with Crippen LogP contribution in [0.2, 0.25) is 0 Å². The van der Waals surface area contributed by atoms with Crippen LogP contribution in [0.4, 0.5) is 0 Å². The van der Waals surface area contributed by atoms with Crippen LogP contribution in [0.5, 0.6) is 0 Å². The number of hydrogen-bond acceptors (Lipinski definition) is 4. The molecule has 1 unspecified atom stereocenters. The molecule has 0 spiro atoms. The van der Waals surface area contributed by atoms with E-state index in [0.29, 0.717) is 6.61 Å². The van der Waals surface area contributed by atoms with Gasteiger partial charge in [0.25, 0.3) is 0 Å². The van der Waals surface area contributed by atoms with Gasteiger partial charge in [-0.2, -0.15) is 0 Å². The summed E-state index contributed by atoms with van der Waals surface area (Å²) < 4.78 is 11.1. The monoisotopic (exact) mass is 241 g/mol. The van der Waals surface area contributed by atoms with Crippen molar-refractivity contribution in [2.75, 3.05) is 13.2 Å². The largest absolute Gasteiger partial charge is 0.388 e. The summed E-state index contributed by atoms with van der Waals surface area (Å²) in [4.78, 5) is 0. The van der Waals surface area contributed by atoms with E-state index in [9.17, 15) is 5.11 Å². The fourth-order valence-corrected chi connectivity index (χ4v) is 2.12. The molecule has 1 fully saturated rings. The number of aliphatic hydroxyl groups excluding tert-OH is 1. The lowest BCUT2D eigenvalue weighted by atomic mass is 9.93. The van der Waals surface area contributed by atoms with Gasteiger partial charge in [0.15, 0.2) is 0 Å². The van der Waals surface area contributed by atoms with Gasteiger partial charge < -0.3 is 20.3 Å². The molecule has 0 saturated carbocycles. The maximum absolute atomic E-state index is 9.81. The fraction of sp³-hybridized carbons (Fsp3) is 1.00. The number of unbranched alkanes of at least 4 members (excludes halogenated alkanes) is 3. The second-order valence-electron chi connectivity index (χ2n) is 4.58. The predicted octanol–water partition coefficient (Wildman–Crippen LogP) is 0.555. The van der Waals surface area contributed by atoms with E-state index in [2.05, 4.69) is 0 Å². The van der Waals surface area contributed by atoms with Crippen LogP contribution < -0.4 is 5.73 Å². The lowest BCUT2D eigenvalue weighted by Gasteiger charge is -2.20. The van der Waals surface area contributed by atoms with Crippen molar-refractivity contribution in [3.63, 3.8) is 0 Å². The lowest BCUT2D eigenvalue weighted by molar-refractivity contribution is -0.0393. The molecule has 1 rings (SSSR count). The van der Waals surface area contributed by atoms with E-state index in [1.165, 1.54) is 0 Å². The minimum absolute atomic E-state index is 0.0796. The molecule has 17 heavy (non-hydrogen) atoms. The molecule has 0 aromatic rings. The third-order valence-electron chi connectivity index (χ3n) is 3.18. The van der Waals surface area contributed by atoms with Crippen molar-refractivity contribution in [1.29, 1.82) is 0 Å². The maximum atomic E-state index is 9.81. The first-order chi connectivity index (χ1) is 8.20. The van der Waals surface area contributed by atoms with Crippen LogP contribution in [0.3, 0.4) is 0 Å². The Labute approximate surface area is 105 Å². The summed E-state index contributed by atoms with van der Waals surface area (Å²) >= 11 is 0. The van der Waals surface area contributed by atoms with E-state index in [1.807, 2.05) is 6.92 Å². The van der Waals surface area contributed by atoms with E-state index in [0.717, 1.165) is 38.6 Å². The van der Waals surface area contributed by atoms with Gasteiger partial charge in [0, 0.05) is 12.6 Å². The molecule has 1 aliphatic rings. The molecule has 98 valence electrons. The van der Waals surface area contributed by atoms with E-state index in [4.69, 9.17) is 23.1 Å². The Morgan fingerprint density at radius 2 is 2.00 bits per heavy atom. The van der Waals surface area contributed by atoms with Crippen LogP contribution in [0.1, 0.15) is 39.0 Å². The van der Waals surface area contributed by atoms with Crippen molar-refractivity contribution in [3.8, 4) is 0 Å². The molecule has 4 nitrogen and oxygen atoms in total. The van der Waals surface area contributed by atoms with E-state index in [-0.39, 0.29) is 12.2 Å². The fourth-order valence-electron chi connectivity index (χ4n) is 2.12. The third-order valence-corrected chi connectivity index (χ3v) is 3.18. The highest BCUT2D eigenvalue weighted by Crippen LogP contribution is 2.24. The van der Waals surface area contributed by atoms with E-state index < -0.39 is 12.1 Å². The number of hydrogen-bond donors (Lipinski definition) is 2. The topological polar surface area (TPSA) is 64.7 Å². The minimum atomic E-state index is -0.705. The molecule has 1 heterocycles. The molecule has 1 aliphatic heterocycles. The van der Waals surface area contributed by atoms with Gasteiger partial charge in [-0.1, -0.05) is 19.8 Å².